The van der Waals surface area contributed by atoms with E-state index in [9.17, 15) is 0 Å². The molecule has 0 radical (unpaired) electrons. The highest BCUT2D eigenvalue weighted by Crippen LogP contribution is 2.18. The molecular weight excluding hydrogens is 384 g/mol. The Morgan fingerprint density at radius 2 is 1.16 bits per heavy atom. The highest BCUT2D eigenvalue weighted by molar-refractivity contribution is 5.47. The van der Waals surface area contributed by atoms with Crippen LogP contribution >= 0.6 is 0 Å². The lowest BCUT2D eigenvalue weighted by molar-refractivity contribution is 0.321. The first-order valence-corrected chi connectivity index (χ1v) is 10.8. The summed E-state index contributed by atoms with van der Waals surface area (Å²) < 4.78 is 0. The maximum absolute atomic E-state index is 8.89. The SMILES string of the molecule is CC(=C(C#N)C#N)N1CCN(c2ccccc2)CC1.c1ccc(N2CCNCC2)cc1. The summed E-state index contributed by atoms with van der Waals surface area (Å²) >= 11 is 0. The summed E-state index contributed by atoms with van der Waals surface area (Å²) in [5.74, 6) is 0. The molecule has 0 amide bonds. The third kappa shape index (κ3) is 6.25. The van der Waals surface area contributed by atoms with E-state index < -0.39 is 0 Å². The molecular formula is C25H30N6. The number of nitriles is 2. The molecule has 2 saturated heterocycles. The molecule has 0 spiro atoms. The number of anilines is 2. The van der Waals surface area contributed by atoms with E-state index in [0.717, 1.165) is 58.1 Å². The van der Waals surface area contributed by atoms with Gasteiger partial charge >= 0.3 is 0 Å². The molecule has 1 N–H and O–H groups in total. The van der Waals surface area contributed by atoms with Crippen LogP contribution < -0.4 is 15.1 Å². The van der Waals surface area contributed by atoms with Crippen LogP contribution in [0.25, 0.3) is 0 Å². The van der Waals surface area contributed by atoms with Gasteiger partial charge in [0, 0.05) is 69.4 Å². The Bertz CT molecular complexity index is 896. The van der Waals surface area contributed by atoms with Crippen molar-refractivity contribution in [3.8, 4) is 12.1 Å². The number of nitrogens with zero attached hydrogens (tertiary/aromatic N) is 5. The third-order valence-electron chi connectivity index (χ3n) is 5.70. The molecule has 31 heavy (non-hydrogen) atoms. The average Bonchev–Trinajstić information content (AvgIpc) is 2.87. The van der Waals surface area contributed by atoms with E-state index in [1.165, 1.54) is 11.4 Å². The van der Waals surface area contributed by atoms with Crippen LogP contribution in [0.4, 0.5) is 11.4 Å². The first-order valence-electron chi connectivity index (χ1n) is 10.8. The minimum absolute atomic E-state index is 0.216. The molecule has 6 nitrogen and oxygen atoms in total. The van der Waals surface area contributed by atoms with E-state index >= 15 is 0 Å². The van der Waals surface area contributed by atoms with Crippen molar-refractivity contribution in [2.45, 2.75) is 6.92 Å². The molecule has 2 aromatic rings. The molecule has 2 aromatic carbocycles. The molecule has 0 aromatic heterocycles. The third-order valence-corrected chi connectivity index (χ3v) is 5.70. The maximum atomic E-state index is 8.89. The van der Waals surface area contributed by atoms with Crippen LogP contribution in [-0.4, -0.2) is 57.3 Å². The molecule has 2 fully saturated rings. The summed E-state index contributed by atoms with van der Waals surface area (Å²) in [5.41, 5.74) is 3.58. The van der Waals surface area contributed by atoms with Crippen molar-refractivity contribution < 1.29 is 0 Å². The molecule has 0 aliphatic carbocycles. The van der Waals surface area contributed by atoms with Gasteiger partial charge in [0.1, 0.15) is 17.7 Å². The van der Waals surface area contributed by atoms with E-state index in [0.29, 0.717) is 0 Å². The van der Waals surface area contributed by atoms with Gasteiger partial charge in [0.15, 0.2) is 0 Å². The number of hydrogen-bond acceptors (Lipinski definition) is 6. The second kappa shape index (κ2) is 11.6. The predicted molar refractivity (Wildman–Crippen MR) is 126 cm³/mol. The van der Waals surface area contributed by atoms with Crippen molar-refractivity contribution in [3.05, 3.63) is 71.9 Å². The fourth-order valence-corrected chi connectivity index (χ4v) is 3.85. The van der Waals surface area contributed by atoms with Gasteiger partial charge in [0.25, 0.3) is 0 Å². The zero-order chi connectivity index (χ0) is 21.9. The zero-order valence-corrected chi connectivity index (χ0v) is 18.2. The number of piperazine rings is 2. The number of hydrogen-bond donors (Lipinski definition) is 1. The molecule has 2 aliphatic rings. The molecule has 0 saturated carbocycles. The monoisotopic (exact) mass is 414 g/mol. The predicted octanol–water partition coefficient (Wildman–Crippen LogP) is 3.23. The van der Waals surface area contributed by atoms with E-state index in [4.69, 9.17) is 10.5 Å². The Morgan fingerprint density at radius 1 is 0.710 bits per heavy atom. The van der Waals surface area contributed by atoms with Gasteiger partial charge in [-0.25, -0.2) is 0 Å². The minimum atomic E-state index is 0.216. The van der Waals surface area contributed by atoms with Gasteiger partial charge in [0.05, 0.1) is 0 Å². The fourth-order valence-electron chi connectivity index (χ4n) is 3.85. The summed E-state index contributed by atoms with van der Waals surface area (Å²) in [7, 11) is 0. The van der Waals surface area contributed by atoms with Gasteiger partial charge < -0.3 is 20.0 Å². The van der Waals surface area contributed by atoms with E-state index in [1.807, 2.05) is 37.3 Å². The lowest BCUT2D eigenvalue weighted by Gasteiger charge is -2.37. The second-order valence-electron chi connectivity index (χ2n) is 7.57. The van der Waals surface area contributed by atoms with Crippen molar-refractivity contribution in [2.24, 2.45) is 0 Å². The number of nitrogens with one attached hydrogen (secondary N) is 1. The molecule has 0 bridgehead atoms. The summed E-state index contributed by atoms with van der Waals surface area (Å²) in [6.07, 6.45) is 0. The molecule has 4 rings (SSSR count). The molecule has 0 unspecified atom stereocenters. The van der Waals surface area contributed by atoms with Crippen LogP contribution in [0.3, 0.4) is 0 Å². The standard InChI is InChI=1S/C15H16N4.C10H14N2/c1-13(14(11-16)12-17)18-7-9-19(10-8-18)15-5-3-2-4-6-15;1-2-4-10(5-3-1)12-8-6-11-7-9-12/h2-6H,7-10H2,1H3;1-5,11H,6-9H2. The Kier molecular flexibility index (Phi) is 8.34. The normalized spacial score (nSPS) is 15.8. The van der Waals surface area contributed by atoms with Crippen molar-refractivity contribution in [2.75, 3.05) is 62.2 Å². The summed E-state index contributed by atoms with van der Waals surface area (Å²) in [4.78, 5) is 6.85. The number of para-hydroxylation sites is 2. The van der Waals surface area contributed by atoms with Gasteiger partial charge in [0.2, 0.25) is 0 Å². The lowest BCUT2D eigenvalue weighted by atomic mass is 10.2. The largest absolute Gasteiger partial charge is 0.370 e. The minimum Gasteiger partial charge on any atom is -0.370 e. The Labute approximate surface area is 185 Å². The molecule has 0 atom stereocenters. The van der Waals surface area contributed by atoms with Crippen LogP contribution in [0.2, 0.25) is 0 Å². The average molecular weight is 415 g/mol. The fraction of sp³-hybridized carbons (Fsp3) is 0.360. The van der Waals surface area contributed by atoms with Crippen molar-refractivity contribution >= 4 is 11.4 Å². The van der Waals surface area contributed by atoms with Crippen LogP contribution in [0.15, 0.2) is 71.9 Å². The first-order chi connectivity index (χ1) is 15.2. The Balaban J connectivity index is 0.000000194. The Hall–Kier alpha value is -3.48. The van der Waals surface area contributed by atoms with Gasteiger partial charge in [-0.1, -0.05) is 36.4 Å². The molecule has 2 heterocycles. The van der Waals surface area contributed by atoms with Gasteiger partial charge in [-0.15, -0.1) is 0 Å². The van der Waals surface area contributed by atoms with Crippen LogP contribution in [0.1, 0.15) is 6.92 Å². The van der Waals surface area contributed by atoms with Crippen molar-refractivity contribution in [3.63, 3.8) is 0 Å². The highest BCUT2D eigenvalue weighted by Gasteiger charge is 2.19. The highest BCUT2D eigenvalue weighted by atomic mass is 15.3. The molecule has 160 valence electrons. The van der Waals surface area contributed by atoms with Gasteiger partial charge in [-0.2, -0.15) is 10.5 Å². The smallest absolute Gasteiger partial charge is 0.148 e. The van der Waals surface area contributed by atoms with Crippen LogP contribution in [-0.2, 0) is 0 Å². The maximum Gasteiger partial charge on any atom is 0.148 e. The number of allylic oxidation sites excluding steroid dienone is 2. The van der Waals surface area contributed by atoms with Crippen LogP contribution in [0.5, 0.6) is 0 Å². The number of benzene rings is 2. The number of rotatable bonds is 3. The van der Waals surface area contributed by atoms with E-state index in [1.54, 1.807) is 0 Å². The summed E-state index contributed by atoms with van der Waals surface area (Å²) in [5, 5.41) is 21.1. The van der Waals surface area contributed by atoms with Gasteiger partial charge in [-0.05, 0) is 31.2 Å². The first kappa shape index (κ1) is 22.2. The van der Waals surface area contributed by atoms with Crippen LogP contribution in [0, 0.1) is 22.7 Å². The topological polar surface area (TPSA) is 69.3 Å². The van der Waals surface area contributed by atoms with Gasteiger partial charge in [-0.3, -0.25) is 0 Å². The van der Waals surface area contributed by atoms with Crippen molar-refractivity contribution in [1.29, 1.82) is 10.5 Å². The zero-order valence-electron chi connectivity index (χ0n) is 18.2. The lowest BCUT2D eigenvalue weighted by Crippen LogP contribution is -2.45. The molecule has 2 aliphatic heterocycles. The Morgan fingerprint density at radius 3 is 1.61 bits per heavy atom. The quantitative estimate of drug-likeness (QED) is 0.778. The van der Waals surface area contributed by atoms with E-state index in [2.05, 4.69) is 62.5 Å². The summed E-state index contributed by atoms with van der Waals surface area (Å²) in [6.45, 7) is 9.82. The van der Waals surface area contributed by atoms with Crippen molar-refractivity contribution in [1.82, 2.24) is 10.2 Å². The molecule has 6 heteroatoms. The second-order valence-corrected chi connectivity index (χ2v) is 7.57. The summed E-state index contributed by atoms with van der Waals surface area (Å²) in [6, 6.07) is 24.8. The van der Waals surface area contributed by atoms with E-state index in [-0.39, 0.29) is 5.57 Å².